The Morgan fingerprint density at radius 2 is 2.06 bits per heavy atom. The van der Waals surface area contributed by atoms with Crippen LogP contribution in [-0.2, 0) is 13.9 Å². The monoisotopic (exact) mass is 257 g/mol. The summed E-state index contributed by atoms with van der Waals surface area (Å²) in [5, 5.41) is 2.63. The number of anilines is 1. The second kappa shape index (κ2) is 6.55. The maximum absolute atomic E-state index is 11.5. The molecule has 17 heavy (non-hydrogen) atoms. The van der Waals surface area contributed by atoms with Crippen LogP contribution in [0.5, 0.6) is 0 Å². The molecule has 0 saturated heterocycles. The van der Waals surface area contributed by atoms with Crippen LogP contribution < -0.4 is 5.32 Å². The lowest BCUT2D eigenvalue weighted by Crippen LogP contribution is -2.13. The average Bonchev–Trinajstić information content (AvgIpc) is 2.28. The quantitative estimate of drug-likeness (QED) is 0.766. The van der Waals surface area contributed by atoms with Gasteiger partial charge in [-0.05, 0) is 19.1 Å². The molecule has 0 heterocycles. The second-order valence-corrected chi connectivity index (χ2v) is 5.42. The normalized spacial score (nSPS) is 14.0. The van der Waals surface area contributed by atoms with Gasteiger partial charge >= 0.3 is 7.60 Å². The molecule has 0 radical (unpaired) electrons. The smallest absolute Gasteiger partial charge is 0.326 e. The van der Waals surface area contributed by atoms with Gasteiger partial charge in [-0.1, -0.05) is 18.2 Å². The molecule has 94 valence electrons. The fourth-order valence-electron chi connectivity index (χ4n) is 1.25. The molecule has 1 amide bonds. The summed E-state index contributed by atoms with van der Waals surface area (Å²) < 4.78 is 16.0. The molecular weight excluding hydrogens is 241 g/mol. The van der Waals surface area contributed by atoms with Crippen LogP contribution in [-0.4, -0.2) is 23.6 Å². The lowest BCUT2D eigenvalue weighted by atomic mass is 10.3. The fraction of sp³-hybridized carbons (Fsp3) is 0.364. The second-order valence-electron chi connectivity index (χ2n) is 3.44. The highest BCUT2D eigenvalue weighted by Gasteiger charge is 2.19. The molecule has 6 heteroatoms. The van der Waals surface area contributed by atoms with E-state index in [2.05, 4.69) is 9.84 Å². The van der Waals surface area contributed by atoms with Crippen molar-refractivity contribution in [1.29, 1.82) is 0 Å². The first-order valence-corrected chi connectivity index (χ1v) is 7.11. The Hall–Kier alpha value is -1.16. The van der Waals surface area contributed by atoms with E-state index >= 15 is 0 Å². The van der Waals surface area contributed by atoms with E-state index in [1.54, 1.807) is 31.2 Å². The first-order chi connectivity index (χ1) is 8.03. The van der Waals surface area contributed by atoms with Gasteiger partial charge in [-0.2, -0.15) is 0 Å². The summed E-state index contributed by atoms with van der Waals surface area (Å²) in [6.07, 6.45) is -0.206. The van der Waals surface area contributed by atoms with E-state index in [-0.39, 0.29) is 25.1 Å². The summed E-state index contributed by atoms with van der Waals surface area (Å²) in [7, 11) is -3.61. The van der Waals surface area contributed by atoms with Gasteiger partial charge in [-0.3, -0.25) is 9.36 Å². The standard InChI is InChI=1S/C11H16NO4P/c1-2-16-17(14,15)9-8-11(13)12-10-6-4-3-5-7-10/h3-7H,2,8-9H2,1H3,(H,12,13)(H,14,15). The van der Waals surface area contributed by atoms with Crippen LogP contribution in [0.2, 0.25) is 0 Å². The first kappa shape index (κ1) is 13.9. The lowest BCUT2D eigenvalue weighted by molar-refractivity contribution is -0.115. The van der Waals surface area contributed by atoms with Gasteiger partial charge in [-0.25, -0.2) is 0 Å². The zero-order valence-electron chi connectivity index (χ0n) is 9.63. The van der Waals surface area contributed by atoms with Crippen LogP contribution >= 0.6 is 7.60 Å². The third-order valence-electron chi connectivity index (χ3n) is 2.01. The molecule has 1 aromatic carbocycles. The van der Waals surface area contributed by atoms with Crippen LogP contribution in [0.3, 0.4) is 0 Å². The largest absolute Gasteiger partial charge is 0.328 e. The molecule has 1 atom stereocenters. The number of rotatable bonds is 6. The van der Waals surface area contributed by atoms with Gasteiger partial charge in [-0.15, -0.1) is 0 Å². The van der Waals surface area contributed by atoms with Gasteiger partial charge in [0, 0.05) is 12.1 Å². The fourth-order valence-corrected chi connectivity index (χ4v) is 2.27. The summed E-state index contributed by atoms with van der Waals surface area (Å²) in [5.74, 6) is -0.301. The number of hydrogen-bond acceptors (Lipinski definition) is 3. The molecule has 0 fully saturated rings. The van der Waals surface area contributed by atoms with Crippen molar-refractivity contribution >= 4 is 19.2 Å². The number of benzene rings is 1. The van der Waals surface area contributed by atoms with Gasteiger partial charge in [0.05, 0.1) is 12.8 Å². The third-order valence-corrected chi connectivity index (χ3v) is 3.46. The summed E-state index contributed by atoms with van der Waals surface area (Å²) in [5.41, 5.74) is 0.668. The Morgan fingerprint density at radius 3 is 2.65 bits per heavy atom. The number of carbonyl (C=O) groups excluding carboxylic acids is 1. The minimum Gasteiger partial charge on any atom is -0.326 e. The van der Waals surface area contributed by atoms with Crippen LogP contribution in [0.15, 0.2) is 30.3 Å². The molecule has 0 spiro atoms. The third kappa shape index (κ3) is 5.63. The molecule has 0 bridgehead atoms. The molecule has 5 nitrogen and oxygen atoms in total. The van der Waals surface area contributed by atoms with Crippen LogP contribution in [0, 0.1) is 0 Å². The van der Waals surface area contributed by atoms with Gasteiger partial charge < -0.3 is 14.7 Å². The summed E-state index contributed by atoms with van der Waals surface area (Å²) in [6.45, 7) is 1.79. The van der Waals surface area contributed by atoms with Crippen molar-refractivity contribution in [2.75, 3.05) is 18.1 Å². The van der Waals surface area contributed by atoms with Gasteiger partial charge in [0.1, 0.15) is 0 Å². The molecular formula is C11H16NO4P. The Bertz CT molecular complexity index is 407. The Kier molecular flexibility index (Phi) is 5.35. The molecule has 0 aliphatic carbocycles. The Labute approximate surface area is 100 Å². The summed E-state index contributed by atoms with van der Waals surface area (Å²) >= 11 is 0. The number of hydrogen-bond donors (Lipinski definition) is 2. The Balaban J connectivity index is 2.38. The predicted molar refractivity (Wildman–Crippen MR) is 66.0 cm³/mol. The van der Waals surface area contributed by atoms with Crippen molar-refractivity contribution in [2.24, 2.45) is 0 Å². The van der Waals surface area contributed by atoms with Gasteiger partial charge in [0.25, 0.3) is 0 Å². The number of nitrogens with one attached hydrogen (secondary N) is 1. The van der Waals surface area contributed by atoms with Gasteiger partial charge in [0.15, 0.2) is 0 Å². The highest BCUT2D eigenvalue weighted by Crippen LogP contribution is 2.42. The number of para-hydroxylation sites is 1. The number of carbonyl (C=O) groups is 1. The maximum Gasteiger partial charge on any atom is 0.328 e. The SMILES string of the molecule is CCOP(=O)(O)CCC(=O)Nc1ccccc1. The van der Waals surface area contributed by atoms with E-state index < -0.39 is 7.60 Å². The maximum atomic E-state index is 11.5. The molecule has 0 aliphatic rings. The van der Waals surface area contributed by atoms with Crippen LogP contribution in [0.1, 0.15) is 13.3 Å². The molecule has 1 unspecified atom stereocenters. The van der Waals surface area contributed by atoms with Crippen molar-refractivity contribution in [3.05, 3.63) is 30.3 Å². The molecule has 0 saturated carbocycles. The van der Waals surface area contributed by atoms with Crippen LogP contribution in [0.4, 0.5) is 5.69 Å². The molecule has 1 aromatic rings. The van der Waals surface area contributed by atoms with E-state index in [4.69, 9.17) is 0 Å². The minimum absolute atomic E-state index is 0.0390. The lowest BCUT2D eigenvalue weighted by Gasteiger charge is -2.10. The number of amides is 1. The molecule has 0 aliphatic heterocycles. The first-order valence-electron chi connectivity index (χ1n) is 5.35. The highest BCUT2D eigenvalue weighted by atomic mass is 31.2. The van der Waals surface area contributed by atoms with Crippen molar-refractivity contribution in [2.45, 2.75) is 13.3 Å². The van der Waals surface area contributed by atoms with E-state index in [1.807, 2.05) is 6.07 Å². The van der Waals surface area contributed by atoms with Crippen molar-refractivity contribution in [3.8, 4) is 0 Å². The molecule has 2 N–H and O–H groups in total. The van der Waals surface area contributed by atoms with Crippen molar-refractivity contribution in [3.63, 3.8) is 0 Å². The minimum atomic E-state index is -3.61. The Morgan fingerprint density at radius 1 is 1.41 bits per heavy atom. The van der Waals surface area contributed by atoms with Crippen molar-refractivity contribution in [1.82, 2.24) is 0 Å². The van der Waals surface area contributed by atoms with E-state index in [0.717, 1.165) is 0 Å². The van der Waals surface area contributed by atoms with E-state index in [1.165, 1.54) is 0 Å². The zero-order valence-corrected chi connectivity index (χ0v) is 10.5. The van der Waals surface area contributed by atoms with E-state index in [0.29, 0.717) is 5.69 Å². The zero-order chi connectivity index (χ0) is 12.7. The van der Waals surface area contributed by atoms with E-state index in [9.17, 15) is 14.3 Å². The topological polar surface area (TPSA) is 75.6 Å². The van der Waals surface area contributed by atoms with Gasteiger partial charge in [0.2, 0.25) is 5.91 Å². The van der Waals surface area contributed by atoms with Crippen LogP contribution in [0.25, 0.3) is 0 Å². The highest BCUT2D eigenvalue weighted by molar-refractivity contribution is 7.52. The summed E-state index contributed by atoms with van der Waals surface area (Å²) in [4.78, 5) is 20.7. The average molecular weight is 257 g/mol. The molecule has 1 rings (SSSR count). The van der Waals surface area contributed by atoms with Crippen molar-refractivity contribution < 1.29 is 18.8 Å². The molecule has 0 aromatic heterocycles. The predicted octanol–water partition coefficient (Wildman–Crippen LogP) is 2.24. The summed E-state index contributed by atoms with van der Waals surface area (Å²) in [6, 6.07) is 8.93.